The van der Waals surface area contributed by atoms with Crippen LogP contribution in [-0.4, -0.2) is 35.8 Å². The molecule has 5 heteroatoms. The van der Waals surface area contributed by atoms with Crippen molar-refractivity contribution in [3.63, 3.8) is 0 Å². The number of likely N-dealkylation sites (tertiary alicyclic amines) is 1. The van der Waals surface area contributed by atoms with Crippen LogP contribution in [0.4, 0.5) is 0 Å². The number of carbonyl (C=O) groups is 2. The molecule has 2 aromatic carbocycles. The van der Waals surface area contributed by atoms with Crippen molar-refractivity contribution in [2.75, 3.05) is 13.1 Å². The molecule has 0 bridgehead atoms. The van der Waals surface area contributed by atoms with E-state index >= 15 is 0 Å². The Morgan fingerprint density at radius 1 is 1.11 bits per heavy atom. The number of nitrogens with one attached hydrogen (secondary N) is 1. The van der Waals surface area contributed by atoms with E-state index in [9.17, 15) is 14.9 Å². The molecule has 3 rings (SSSR count). The van der Waals surface area contributed by atoms with Gasteiger partial charge >= 0.3 is 0 Å². The van der Waals surface area contributed by atoms with E-state index in [1.807, 2.05) is 61.2 Å². The fraction of sp³-hybridized carbons (Fsp3) is 0.348. The van der Waals surface area contributed by atoms with Crippen LogP contribution in [-0.2, 0) is 4.79 Å². The van der Waals surface area contributed by atoms with Crippen molar-refractivity contribution in [2.45, 2.75) is 32.7 Å². The van der Waals surface area contributed by atoms with Crippen LogP contribution >= 0.6 is 0 Å². The van der Waals surface area contributed by atoms with Gasteiger partial charge in [0.1, 0.15) is 0 Å². The molecule has 1 saturated heterocycles. The molecular weight excluding hydrogens is 350 g/mol. The molecule has 0 spiro atoms. The lowest BCUT2D eigenvalue weighted by molar-refractivity contribution is -0.125. The second kappa shape index (κ2) is 8.71. The average Bonchev–Trinajstić information content (AvgIpc) is 2.73. The summed E-state index contributed by atoms with van der Waals surface area (Å²) in [5.74, 6) is -0.122. The van der Waals surface area contributed by atoms with Gasteiger partial charge in [-0.1, -0.05) is 50.2 Å². The Bertz CT molecular complexity index is 914. The molecule has 1 aliphatic rings. The Balaban J connectivity index is 1.85. The van der Waals surface area contributed by atoms with Gasteiger partial charge in [-0.25, -0.2) is 0 Å². The normalized spacial score (nSPS) is 16.5. The predicted molar refractivity (Wildman–Crippen MR) is 108 cm³/mol. The van der Waals surface area contributed by atoms with E-state index < -0.39 is 0 Å². The zero-order chi connectivity index (χ0) is 20.1. The third-order valence-corrected chi connectivity index (χ3v) is 5.07. The Morgan fingerprint density at radius 3 is 2.50 bits per heavy atom. The van der Waals surface area contributed by atoms with Gasteiger partial charge < -0.3 is 10.2 Å². The molecule has 0 aromatic heterocycles. The summed E-state index contributed by atoms with van der Waals surface area (Å²) >= 11 is 0. The highest BCUT2D eigenvalue weighted by Crippen LogP contribution is 2.28. The van der Waals surface area contributed by atoms with Crippen LogP contribution in [0.3, 0.4) is 0 Å². The van der Waals surface area contributed by atoms with Gasteiger partial charge in [0.2, 0.25) is 5.91 Å². The van der Waals surface area contributed by atoms with E-state index in [0.717, 1.165) is 24.0 Å². The molecule has 5 nitrogen and oxygen atoms in total. The Morgan fingerprint density at radius 2 is 1.79 bits per heavy atom. The second-order valence-corrected chi connectivity index (χ2v) is 7.46. The maximum atomic E-state index is 13.3. The van der Waals surface area contributed by atoms with Crippen molar-refractivity contribution in [3.05, 3.63) is 59.7 Å². The van der Waals surface area contributed by atoms with Crippen LogP contribution in [0, 0.1) is 17.2 Å². The highest BCUT2D eigenvalue weighted by molar-refractivity contribution is 6.01. The van der Waals surface area contributed by atoms with Crippen LogP contribution in [0.15, 0.2) is 48.5 Å². The highest BCUT2D eigenvalue weighted by Gasteiger charge is 2.27. The SMILES string of the molecule is CC(C)C(=O)NC1CCCN(C(=O)c2ccccc2-c2ccccc2C#N)C1. The summed E-state index contributed by atoms with van der Waals surface area (Å²) in [6.07, 6.45) is 1.73. The second-order valence-electron chi connectivity index (χ2n) is 7.46. The first kappa shape index (κ1) is 19.6. The van der Waals surface area contributed by atoms with Gasteiger partial charge in [0.25, 0.3) is 5.91 Å². The number of amides is 2. The van der Waals surface area contributed by atoms with Crippen molar-refractivity contribution in [2.24, 2.45) is 5.92 Å². The van der Waals surface area contributed by atoms with Gasteiger partial charge in [-0.05, 0) is 30.5 Å². The first-order valence-electron chi connectivity index (χ1n) is 9.69. The van der Waals surface area contributed by atoms with E-state index in [-0.39, 0.29) is 23.8 Å². The molecule has 2 aromatic rings. The maximum absolute atomic E-state index is 13.3. The van der Waals surface area contributed by atoms with E-state index in [1.165, 1.54) is 0 Å². The number of piperidine rings is 1. The molecule has 1 fully saturated rings. The van der Waals surface area contributed by atoms with Crippen LogP contribution in [0.5, 0.6) is 0 Å². The lowest BCUT2D eigenvalue weighted by atomic mass is 9.94. The third kappa shape index (κ3) is 4.23. The lowest BCUT2D eigenvalue weighted by Crippen LogP contribution is -2.50. The molecule has 0 radical (unpaired) electrons. The molecule has 144 valence electrons. The third-order valence-electron chi connectivity index (χ3n) is 5.07. The largest absolute Gasteiger partial charge is 0.351 e. The van der Waals surface area contributed by atoms with Gasteiger partial charge in [-0.15, -0.1) is 0 Å². The van der Waals surface area contributed by atoms with Crippen molar-refractivity contribution in [3.8, 4) is 17.2 Å². The minimum absolute atomic E-state index is 0.0163. The van der Waals surface area contributed by atoms with Crippen molar-refractivity contribution >= 4 is 11.8 Å². The number of rotatable bonds is 4. The van der Waals surface area contributed by atoms with Gasteiger partial charge in [0.15, 0.2) is 0 Å². The molecule has 1 N–H and O–H groups in total. The maximum Gasteiger partial charge on any atom is 0.254 e. The van der Waals surface area contributed by atoms with Crippen LogP contribution in [0.2, 0.25) is 0 Å². The number of hydrogen-bond acceptors (Lipinski definition) is 3. The van der Waals surface area contributed by atoms with Gasteiger partial charge in [0.05, 0.1) is 11.6 Å². The van der Waals surface area contributed by atoms with Crippen molar-refractivity contribution in [1.29, 1.82) is 5.26 Å². The number of benzene rings is 2. The van der Waals surface area contributed by atoms with Gasteiger partial charge in [-0.2, -0.15) is 5.26 Å². The number of nitrogens with zero attached hydrogens (tertiary/aromatic N) is 2. The lowest BCUT2D eigenvalue weighted by Gasteiger charge is -2.34. The van der Waals surface area contributed by atoms with E-state index in [4.69, 9.17) is 0 Å². The Kier molecular flexibility index (Phi) is 6.10. The summed E-state index contributed by atoms with van der Waals surface area (Å²) in [7, 11) is 0. The molecule has 1 unspecified atom stereocenters. The molecule has 1 aliphatic heterocycles. The molecule has 1 atom stereocenters. The standard InChI is InChI=1S/C23H25N3O2/c1-16(2)22(27)25-18-9-7-13-26(15-18)23(28)21-12-6-5-11-20(21)19-10-4-3-8-17(19)14-24/h3-6,8,10-12,16,18H,7,9,13,15H2,1-2H3,(H,25,27). The minimum Gasteiger partial charge on any atom is -0.351 e. The molecule has 1 heterocycles. The summed E-state index contributed by atoms with van der Waals surface area (Å²) < 4.78 is 0. The molecule has 2 amide bonds. The number of hydrogen-bond donors (Lipinski definition) is 1. The Labute approximate surface area is 166 Å². The fourth-order valence-electron chi connectivity index (χ4n) is 3.54. The summed E-state index contributed by atoms with van der Waals surface area (Å²) in [5, 5.41) is 12.5. The van der Waals surface area contributed by atoms with Crippen molar-refractivity contribution in [1.82, 2.24) is 10.2 Å². The first-order valence-corrected chi connectivity index (χ1v) is 9.69. The average molecular weight is 375 g/mol. The zero-order valence-electron chi connectivity index (χ0n) is 16.3. The summed E-state index contributed by atoms with van der Waals surface area (Å²) in [6.45, 7) is 4.90. The van der Waals surface area contributed by atoms with E-state index in [1.54, 1.807) is 6.07 Å². The number of nitriles is 1. The highest BCUT2D eigenvalue weighted by atomic mass is 16.2. The number of carbonyl (C=O) groups excluding carboxylic acids is 2. The summed E-state index contributed by atoms with van der Waals surface area (Å²) in [6, 6.07) is 16.9. The molecule has 28 heavy (non-hydrogen) atoms. The monoisotopic (exact) mass is 375 g/mol. The first-order chi connectivity index (χ1) is 13.5. The topological polar surface area (TPSA) is 73.2 Å². The quantitative estimate of drug-likeness (QED) is 0.887. The van der Waals surface area contributed by atoms with Gasteiger partial charge in [0, 0.05) is 36.2 Å². The molecule has 0 aliphatic carbocycles. The molecular formula is C23H25N3O2. The van der Waals surface area contributed by atoms with Crippen LogP contribution in [0.25, 0.3) is 11.1 Å². The fourth-order valence-corrected chi connectivity index (χ4v) is 3.54. The van der Waals surface area contributed by atoms with E-state index in [0.29, 0.717) is 24.2 Å². The zero-order valence-corrected chi connectivity index (χ0v) is 16.3. The Hall–Kier alpha value is -3.13. The predicted octanol–water partition coefficient (Wildman–Crippen LogP) is 3.60. The van der Waals surface area contributed by atoms with Crippen LogP contribution < -0.4 is 5.32 Å². The van der Waals surface area contributed by atoms with Gasteiger partial charge in [-0.3, -0.25) is 9.59 Å². The summed E-state index contributed by atoms with van der Waals surface area (Å²) in [5.41, 5.74) is 2.65. The van der Waals surface area contributed by atoms with Crippen molar-refractivity contribution < 1.29 is 9.59 Å². The molecule has 0 saturated carbocycles. The minimum atomic E-state index is -0.0747. The van der Waals surface area contributed by atoms with E-state index in [2.05, 4.69) is 11.4 Å². The smallest absolute Gasteiger partial charge is 0.254 e. The van der Waals surface area contributed by atoms with Crippen LogP contribution in [0.1, 0.15) is 42.6 Å². The summed E-state index contributed by atoms with van der Waals surface area (Å²) in [4.78, 5) is 27.1.